The SMILES string of the molecule is COc1ccc(NC(=O)Cc2nc(-c3ccccc3F)oc2C)c(OC)c1. The zero-order valence-electron chi connectivity index (χ0n) is 15.2. The average Bonchev–Trinajstić information content (AvgIpc) is 3.02. The summed E-state index contributed by atoms with van der Waals surface area (Å²) in [5.74, 6) is 0.978. The highest BCUT2D eigenvalue weighted by Crippen LogP contribution is 2.29. The van der Waals surface area contributed by atoms with Crippen LogP contribution in [0.5, 0.6) is 11.5 Å². The van der Waals surface area contributed by atoms with Gasteiger partial charge in [0.25, 0.3) is 0 Å². The van der Waals surface area contributed by atoms with E-state index in [4.69, 9.17) is 13.9 Å². The fourth-order valence-corrected chi connectivity index (χ4v) is 2.59. The Balaban J connectivity index is 1.76. The van der Waals surface area contributed by atoms with E-state index < -0.39 is 5.82 Å². The molecule has 0 atom stereocenters. The van der Waals surface area contributed by atoms with Gasteiger partial charge < -0.3 is 19.2 Å². The minimum atomic E-state index is -0.433. The lowest BCUT2D eigenvalue weighted by Crippen LogP contribution is -2.15. The van der Waals surface area contributed by atoms with Crippen molar-refractivity contribution in [1.82, 2.24) is 4.98 Å². The molecule has 0 aliphatic heterocycles. The van der Waals surface area contributed by atoms with Gasteiger partial charge in [-0.15, -0.1) is 0 Å². The van der Waals surface area contributed by atoms with Gasteiger partial charge in [-0.3, -0.25) is 4.79 Å². The number of hydrogen-bond acceptors (Lipinski definition) is 5. The molecule has 2 aromatic carbocycles. The maximum Gasteiger partial charge on any atom is 0.230 e. The summed E-state index contributed by atoms with van der Waals surface area (Å²) in [5.41, 5.74) is 1.21. The van der Waals surface area contributed by atoms with Crippen LogP contribution in [-0.4, -0.2) is 25.1 Å². The molecule has 1 heterocycles. The van der Waals surface area contributed by atoms with E-state index >= 15 is 0 Å². The third-order valence-corrected chi connectivity index (χ3v) is 4.01. The molecule has 0 aliphatic carbocycles. The van der Waals surface area contributed by atoms with Crippen LogP contribution in [0.4, 0.5) is 10.1 Å². The third-order valence-electron chi connectivity index (χ3n) is 4.01. The summed E-state index contributed by atoms with van der Waals surface area (Å²) in [6.45, 7) is 1.69. The van der Waals surface area contributed by atoms with E-state index in [9.17, 15) is 9.18 Å². The second-order valence-corrected chi connectivity index (χ2v) is 5.79. The number of oxazole rings is 1. The number of carbonyl (C=O) groups excluding carboxylic acids is 1. The van der Waals surface area contributed by atoms with Crippen molar-refractivity contribution in [3.05, 3.63) is 59.7 Å². The first-order chi connectivity index (χ1) is 13.0. The van der Waals surface area contributed by atoms with Crippen molar-refractivity contribution < 1.29 is 23.1 Å². The quantitative estimate of drug-likeness (QED) is 0.710. The number of carbonyl (C=O) groups is 1. The van der Waals surface area contributed by atoms with E-state index in [-0.39, 0.29) is 23.8 Å². The van der Waals surface area contributed by atoms with Crippen LogP contribution in [0.25, 0.3) is 11.5 Å². The van der Waals surface area contributed by atoms with Gasteiger partial charge in [0.1, 0.15) is 23.1 Å². The van der Waals surface area contributed by atoms with Gasteiger partial charge >= 0.3 is 0 Å². The molecule has 1 aromatic heterocycles. The fraction of sp³-hybridized carbons (Fsp3) is 0.200. The molecule has 0 saturated carbocycles. The Kier molecular flexibility index (Phi) is 5.40. The van der Waals surface area contributed by atoms with Gasteiger partial charge in [-0.05, 0) is 31.2 Å². The van der Waals surface area contributed by atoms with E-state index in [0.29, 0.717) is 28.6 Å². The van der Waals surface area contributed by atoms with E-state index in [1.54, 1.807) is 50.4 Å². The van der Waals surface area contributed by atoms with Crippen LogP contribution in [0.15, 0.2) is 46.9 Å². The largest absolute Gasteiger partial charge is 0.497 e. The van der Waals surface area contributed by atoms with Crippen LogP contribution in [0.3, 0.4) is 0 Å². The second-order valence-electron chi connectivity index (χ2n) is 5.79. The molecule has 0 saturated heterocycles. The number of aryl methyl sites for hydroxylation is 1. The lowest BCUT2D eigenvalue weighted by atomic mass is 10.2. The molecular formula is C20H19FN2O4. The molecule has 7 heteroatoms. The number of halogens is 1. The molecule has 1 amide bonds. The standard InChI is InChI=1S/C20H19FN2O4/c1-12-17(23-20(27-12)14-6-4-5-7-15(14)21)11-19(24)22-16-9-8-13(25-2)10-18(16)26-3/h4-10H,11H2,1-3H3,(H,22,24). The smallest absolute Gasteiger partial charge is 0.230 e. The monoisotopic (exact) mass is 370 g/mol. The van der Waals surface area contributed by atoms with Crippen LogP contribution in [0, 0.1) is 12.7 Å². The fourth-order valence-electron chi connectivity index (χ4n) is 2.59. The van der Waals surface area contributed by atoms with Crippen LogP contribution < -0.4 is 14.8 Å². The van der Waals surface area contributed by atoms with Gasteiger partial charge in [-0.1, -0.05) is 12.1 Å². The first kappa shape index (κ1) is 18.4. The minimum Gasteiger partial charge on any atom is -0.497 e. The number of ether oxygens (including phenoxy) is 2. The number of amides is 1. The molecule has 1 N–H and O–H groups in total. The Morgan fingerprint density at radius 1 is 1.19 bits per heavy atom. The number of benzene rings is 2. The first-order valence-corrected chi connectivity index (χ1v) is 8.25. The van der Waals surface area contributed by atoms with E-state index in [1.807, 2.05) is 0 Å². The lowest BCUT2D eigenvalue weighted by molar-refractivity contribution is -0.115. The number of rotatable bonds is 6. The van der Waals surface area contributed by atoms with Gasteiger partial charge in [-0.2, -0.15) is 0 Å². The number of nitrogens with one attached hydrogen (secondary N) is 1. The molecule has 0 radical (unpaired) electrons. The molecule has 140 valence electrons. The topological polar surface area (TPSA) is 73.6 Å². The maximum atomic E-state index is 13.9. The van der Waals surface area contributed by atoms with Crippen LogP contribution in [-0.2, 0) is 11.2 Å². The van der Waals surface area contributed by atoms with Crippen molar-refractivity contribution in [3.63, 3.8) is 0 Å². The summed E-state index contributed by atoms with van der Waals surface area (Å²) < 4.78 is 29.8. The summed E-state index contributed by atoms with van der Waals surface area (Å²) >= 11 is 0. The minimum absolute atomic E-state index is 0.0149. The normalized spacial score (nSPS) is 10.5. The Morgan fingerprint density at radius 3 is 2.67 bits per heavy atom. The molecule has 0 aliphatic rings. The summed E-state index contributed by atoms with van der Waals surface area (Å²) in [4.78, 5) is 16.7. The lowest BCUT2D eigenvalue weighted by Gasteiger charge is -2.11. The molecule has 6 nitrogen and oxygen atoms in total. The Labute approximate surface area is 155 Å². The van der Waals surface area contributed by atoms with Crippen molar-refractivity contribution in [1.29, 1.82) is 0 Å². The number of nitrogens with zero attached hydrogens (tertiary/aromatic N) is 1. The van der Waals surface area contributed by atoms with Gasteiger partial charge in [0.05, 0.1) is 37.6 Å². The molecule has 27 heavy (non-hydrogen) atoms. The van der Waals surface area contributed by atoms with Crippen molar-refractivity contribution in [2.24, 2.45) is 0 Å². The highest BCUT2D eigenvalue weighted by Gasteiger charge is 2.17. The van der Waals surface area contributed by atoms with E-state index in [0.717, 1.165) is 0 Å². The molecule has 3 aromatic rings. The number of hydrogen-bond donors (Lipinski definition) is 1. The first-order valence-electron chi connectivity index (χ1n) is 8.25. The molecule has 0 spiro atoms. The molecule has 3 rings (SSSR count). The summed E-state index contributed by atoms with van der Waals surface area (Å²) in [6.07, 6.45) is -0.0149. The number of anilines is 1. The molecule has 0 unspecified atom stereocenters. The Bertz CT molecular complexity index is 968. The predicted molar refractivity (Wildman–Crippen MR) is 98.5 cm³/mol. The summed E-state index contributed by atoms with van der Waals surface area (Å²) in [5, 5.41) is 2.77. The zero-order chi connectivity index (χ0) is 19.4. The average molecular weight is 370 g/mol. The van der Waals surface area contributed by atoms with Crippen molar-refractivity contribution in [3.8, 4) is 23.0 Å². The van der Waals surface area contributed by atoms with Gasteiger partial charge in [-0.25, -0.2) is 9.37 Å². The van der Waals surface area contributed by atoms with Crippen LogP contribution in [0.2, 0.25) is 0 Å². The van der Waals surface area contributed by atoms with Crippen molar-refractivity contribution in [2.45, 2.75) is 13.3 Å². The number of aromatic nitrogens is 1. The maximum absolute atomic E-state index is 13.9. The summed E-state index contributed by atoms with van der Waals surface area (Å²) in [6, 6.07) is 11.3. The summed E-state index contributed by atoms with van der Waals surface area (Å²) in [7, 11) is 3.06. The Hall–Kier alpha value is -3.35. The third kappa shape index (κ3) is 4.08. The Morgan fingerprint density at radius 2 is 1.96 bits per heavy atom. The highest BCUT2D eigenvalue weighted by molar-refractivity contribution is 5.93. The molecular weight excluding hydrogens is 351 g/mol. The predicted octanol–water partition coefficient (Wildman–Crippen LogP) is 3.99. The van der Waals surface area contributed by atoms with Crippen molar-refractivity contribution in [2.75, 3.05) is 19.5 Å². The van der Waals surface area contributed by atoms with Gasteiger partial charge in [0.2, 0.25) is 11.8 Å². The molecule has 0 fully saturated rings. The molecule has 0 bridgehead atoms. The number of methoxy groups -OCH3 is 2. The second kappa shape index (κ2) is 7.90. The van der Waals surface area contributed by atoms with Crippen LogP contribution in [0.1, 0.15) is 11.5 Å². The highest BCUT2D eigenvalue weighted by atomic mass is 19.1. The van der Waals surface area contributed by atoms with E-state index in [2.05, 4.69) is 10.3 Å². The van der Waals surface area contributed by atoms with Gasteiger partial charge in [0.15, 0.2) is 0 Å². The van der Waals surface area contributed by atoms with Crippen molar-refractivity contribution >= 4 is 11.6 Å². The van der Waals surface area contributed by atoms with Crippen LogP contribution >= 0.6 is 0 Å². The van der Waals surface area contributed by atoms with E-state index in [1.165, 1.54) is 13.2 Å². The van der Waals surface area contributed by atoms with Gasteiger partial charge in [0, 0.05) is 6.07 Å². The zero-order valence-corrected chi connectivity index (χ0v) is 15.2.